The van der Waals surface area contributed by atoms with Crippen molar-refractivity contribution in [3.05, 3.63) is 65.0 Å². The minimum absolute atomic E-state index is 0.107. The Morgan fingerprint density at radius 2 is 1.78 bits per heavy atom. The summed E-state index contributed by atoms with van der Waals surface area (Å²) in [5.74, 6) is -3.14. The van der Waals surface area contributed by atoms with Crippen LogP contribution in [-0.2, 0) is 6.42 Å². The van der Waals surface area contributed by atoms with Gasteiger partial charge in [-0.1, -0.05) is 18.2 Å². The molecule has 0 unspecified atom stereocenters. The molecule has 2 rings (SSSR count). The number of rotatable bonds is 6. The first-order valence-electron chi connectivity index (χ1n) is 7.06. The first kappa shape index (κ1) is 16.6. The van der Waals surface area contributed by atoms with Gasteiger partial charge in [0.15, 0.2) is 0 Å². The molecule has 0 radical (unpaired) electrons. The molecule has 0 aliphatic rings. The Bertz CT molecular complexity index is 713. The van der Waals surface area contributed by atoms with E-state index in [1.54, 1.807) is 24.3 Å². The number of carboxylic acid groups (broad SMARTS) is 1. The van der Waals surface area contributed by atoms with E-state index in [9.17, 15) is 14.0 Å². The van der Waals surface area contributed by atoms with E-state index in [1.807, 2.05) is 0 Å². The summed E-state index contributed by atoms with van der Waals surface area (Å²) < 4.78 is 13.6. The number of aliphatic hydroxyl groups excluding tert-OH is 1. The number of aromatic carboxylic acids is 1. The van der Waals surface area contributed by atoms with Crippen molar-refractivity contribution in [3.8, 4) is 0 Å². The molecule has 0 aliphatic heterocycles. The van der Waals surface area contributed by atoms with Crippen molar-refractivity contribution in [1.29, 1.82) is 0 Å². The van der Waals surface area contributed by atoms with Crippen molar-refractivity contribution in [2.45, 2.75) is 12.8 Å². The number of amides is 1. The number of aliphatic hydroxyl groups is 1. The van der Waals surface area contributed by atoms with E-state index in [4.69, 9.17) is 10.2 Å². The number of hydrogen-bond acceptors (Lipinski definition) is 3. The highest BCUT2D eigenvalue weighted by atomic mass is 19.1. The predicted octanol–water partition coefficient (Wildman–Crippen LogP) is 2.70. The molecule has 3 N–H and O–H groups in total. The molecule has 2 aromatic rings. The van der Waals surface area contributed by atoms with Crippen LogP contribution in [0.2, 0.25) is 0 Å². The van der Waals surface area contributed by atoms with Crippen LogP contribution in [0.25, 0.3) is 0 Å². The molecule has 0 spiro atoms. The molecule has 0 saturated heterocycles. The van der Waals surface area contributed by atoms with E-state index in [0.29, 0.717) is 12.1 Å². The number of nitrogens with one attached hydrogen (secondary N) is 1. The van der Waals surface area contributed by atoms with Crippen LogP contribution in [0.4, 0.5) is 10.1 Å². The second kappa shape index (κ2) is 7.51. The molecule has 0 atom stereocenters. The monoisotopic (exact) mass is 317 g/mol. The molecule has 0 saturated carbocycles. The third-order valence-electron chi connectivity index (χ3n) is 3.31. The van der Waals surface area contributed by atoms with Crippen LogP contribution < -0.4 is 5.32 Å². The molecule has 120 valence electrons. The standard InChI is InChI=1S/C17H16FNO4/c18-14-5-1-4-13(15(14)17(22)23)16(21)19-12-8-6-11(7-9-12)3-2-10-20/h1,4-9,20H,2-3,10H2,(H,19,21)(H,22,23). The molecule has 0 fully saturated rings. The number of aryl methyl sites for hydroxylation is 1. The van der Waals surface area contributed by atoms with E-state index >= 15 is 0 Å². The summed E-state index contributed by atoms with van der Waals surface area (Å²) in [6, 6.07) is 10.5. The molecule has 1 amide bonds. The third kappa shape index (κ3) is 4.14. The van der Waals surface area contributed by atoms with Gasteiger partial charge in [-0.25, -0.2) is 9.18 Å². The maximum absolute atomic E-state index is 13.6. The van der Waals surface area contributed by atoms with E-state index in [1.165, 1.54) is 12.1 Å². The van der Waals surface area contributed by atoms with Crippen molar-refractivity contribution < 1.29 is 24.2 Å². The number of anilines is 1. The lowest BCUT2D eigenvalue weighted by Gasteiger charge is -2.09. The highest BCUT2D eigenvalue weighted by molar-refractivity contribution is 6.10. The Balaban J connectivity index is 2.16. The van der Waals surface area contributed by atoms with Gasteiger partial charge in [-0.15, -0.1) is 0 Å². The molecule has 0 heterocycles. The summed E-state index contributed by atoms with van der Waals surface area (Å²) in [5, 5.41) is 20.4. The zero-order chi connectivity index (χ0) is 16.8. The van der Waals surface area contributed by atoms with Crippen molar-refractivity contribution >= 4 is 17.6 Å². The first-order valence-corrected chi connectivity index (χ1v) is 7.06. The lowest BCUT2D eigenvalue weighted by atomic mass is 10.1. The number of carbonyl (C=O) groups is 2. The van der Waals surface area contributed by atoms with Gasteiger partial charge in [0.1, 0.15) is 11.4 Å². The highest BCUT2D eigenvalue weighted by Gasteiger charge is 2.20. The maximum atomic E-state index is 13.6. The number of hydrogen-bond donors (Lipinski definition) is 3. The number of carbonyl (C=O) groups excluding carboxylic acids is 1. The number of halogens is 1. The minimum atomic E-state index is -1.49. The van der Waals surface area contributed by atoms with Gasteiger partial charge in [-0.05, 0) is 42.7 Å². The second-order valence-electron chi connectivity index (χ2n) is 4.95. The van der Waals surface area contributed by atoms with Crippen LogP contribution in [0.1, 0.15) is 32.7 Å². The molecule has 23 heavy (non-hydrogen) atoms. The topological polar surface area (TPSA) is 86.6 Å². The normalized spacial score (nSPS) is 10.3. The van der Waals surface area contributed by atoms with Crippen molar-refractivity contribution in [1.82, 2.24) is 0 Å². The molecule has 6 heteroatoms. The molecule has 0 aromatic heterocycles. The SMILES string of the molecule is O=C(Nc1ccc(CCCO)cc1)c1cccc(F)c1C(=O)O. The summed E-state index contributed by atoms with van der Waals surface area (Å²) in [7, 11) is 0. The van der Waals surface area contributed by atoms with Gasteiger partial charge >= 0.3 is 5.97 Å². The summed E-state index contributed by atoms with van der Waals surface area (Å²) in [5.41, 5.74) is 0.601. The van der Waals surface area contributed by atoms with Gasteiger partial charge < -0.3 is 15.5 Å². The van der Waals surface area contributed by atoms with Gasteiger partial charge in [-0.2, -0.15) is 0 Å². The van der Waals surface area contributed by atoms with Crippen molar-refractivity contribution in [3.63, 3.8) is 0 Å². The van der Waals surface area contributed by atoms with Crippen LogP contribution >= 0.6 is 0 Å². The molecular weight excluding hydrogens is 301 g/mol. The van der Waals surface area contributed by atoms with Crippen LogP contribution in [0.15, 0.2) is 42.5 Å². The van der Waals surface area contributed by atoms with Gasteiger partial charge in [-0.3, -0.25) is 4.79 Å². The summed E-state index contributed by atoms with van der Waals surface area (Å²) >= 11 is 0. The Morgan fingerprint density at radius 3 is 2.39 bits per heavy atom. The van der Waals surface area contributed by atoms with Crippen molar-refractivity contribution in [2.24, 2.45) is 0 Å². The number of benzene rings is 2. The third-order valence-corrected chi connectivity index (χ3v) is 3.31. The average Bonchev–Trinajstić information content (AvgIpc) is 2.53. The molecular formula is C17H16FNO4. The maximum Gasteiger partial charge on any atom is 0.339 e. The van der Waals surface area contributed by atoms with Crippen LogP contribution in [0.3, 0.4) is 0 Å². The highest BCUT2D eigenvalue weighted by Crippen LogP contribution is 2.17. The number of carboxylic acids is 1. The van der Waals surface area contributed by atoms with Crippen LogP contribution in [-0.4, -0.2) is 28.7 Å². The molecule has 2 aromatic carbocycles. The summed E-state index contributed by atoms with van der Waals surface area (Å²) in [6.45, 7) is 0.107. The Morgan fingerprint density at radius 1 is 1.09 bits per heavy atom. The van der Waals surface area contributed by atoms with Gasteiger partial charge in [0.05, 0.1) is 5.56 Å². The lowest BCUT2D eigenvalue weighted by molar-refractivity contribution is 0.0687. The van der Waals surface area contributed by atoms with E-state index in [2.05, 4.69) is 5.32 Å². The fourth-order valence-electron chi connectivity index (χ4n) is 2.17. The predicted molar refractivity (Wildman–Crippen MR) is 83.2 cm³/mol. The average molecular weight is 317 g/mol. The molecule has 5 nitrogen and oxygen atoms in total. The minimum Gasteiger partial charge on any atom is -0.478 e. The second-order valence-corrected chi connectivity index (χ2v) is 4.95. The van der Waals surface area contributed by atoms with E-state index < -0.39 is 23.3 Å². The Hall–Kier alpha value is -2.73. The van der Waals surface area contributed by atoms with Crippen molar-refractivity contribution in [2.75, 3.05) is 11.9 Å². The first-order chi connectivity index (χ1) is 11.0. The quantitative estimate of drug-likeness (QED) is 0.764. The van der Waals surface area contributed by atoms with Crippen LogP contribution in [0.5, 0.6) is 0 Å². The Labute approximate surface area is 132 Å². The fraction of sp³-hybridized carbons (Fsp3) is 0.176. The van der Waals surface area contributed by atoms with Crippen LogP contribution in [0, 0.1) is 5.82 Å². The zero-order valence-corrected chi connectivity index (χ0v) is 12.3. The molecule has 0 aliphatic carbocycles. The molecule has 0 bridgehead atoms. The van der Waals surface area contributed by atoms with Gasteiger partial charge in [0, 0.05) is 12.3 Å². The summed E-state index contributed by atoms with van der Waals surface area (Å²) in [6.07, 6.45) is 1.37. The van der Waals surface area contributed by atoms with E-state index in [0.717, 1.165) is 18.1 Å². The van der Waals surface area contributed by atoms with Gasteiger partial charge in [0.2, 0.25) is 0 Å². The van der Waals surface area contributed by atoms with Gasteiger partial charge in [0.25, 0.3) is 5.91 Å². The fourth-order valence-corrected chi connectivity index (χ4v) is 2.17. The van der Waals surface area contributed by atoms with E-state index in [-0.39, 0.29) is 12.2 Å². The zero-order valence-electron chi connectivity index (χ0n) is 12.3. The lowest BCUT2D eigenvalue weighted by Crippen LogP contribution is -2.17. The summed E-state index contributed by atoms with van der Waals surface area (Å²) in [4.78, 5) is 23.3. The smallest absolute Gasteiger partial charge is 0.339 e. The largest absolute Gasteiger partial charge is 0.478 e. The Kier molecular flexibility index (Phi) is 5.43.